The molecule has 9 nitrogen and oxygen atoms in total. The first-order valence-corrected chi connectivity index (χ1v) is 15.3. The van der Waals surface area contributed by atoms with Gasteiger partial charge in [0.25, 0.3) is 0 Å². The Balaban J connectivity index is 1.39. The number of aromatic nitrogens is 1. The molecule has 0 unspecified atom stereocenters. The molecule has 1 fully saturated rings. The maximum atomic E-state index is 13.9. The third-order valence-corrected chi connectivity index (χ3v) is 10.5. The molecule has 11 heteroatoms. The van der Waals surface area contributed by atoms with Gasteiger partial charge >= 0.3 is 6.03 Å². The molecule has 4 aromatic rings. The van der Waals surface area contributed by atoms with E-state index in [4.69, 9.17) is 4.74 Å². The quantitative estimate of drug-likeness (QED) is 0.304. The molecule has 0 bridgehead atoms. The van der Waals surface area contributed by atoms with Crippen molar-refractivity contribution < 1.29 is 27.4 Å². The SMILES string of the molecule is COc1ccc2c3c([nH]c2c1)[C@H](CO)N(C(=O)Nc1cccc(F)c1)CC31CCN(S(=O)(=O)c2cccc(C)c2)CC1. The maximum absolute atomic E-state index is 13.9. The molecule has 3 heterocycles. The van der Waals surface area contributed by atoms with Crippen LogP contribution in [0.1, 0.15) is 35.7 Å². The van der Waals surface area contributed by atoms with Crippen LogP contribution >= 0.6 is 0 Å². The van der Waals surface area contributed by atoms with E-state index >= 15 is 0 Å². The van der Waals surface area contributed by atoms with E-state index in [2.05, 4.69) is 10.3 Å². The van der Waals surface area contributed by atoms with E-state index in [-0.39, 0.29) is 31.1 Å². The third kappa shape index (κ3) is 4.81. The number of carbonyl (C=O) groups excluding carboxylic acids is 1. The van der Waals surface area contributed by atoms with Crippen molar-refractivity contribution in [1.82, 2.24) is 14.2 Å². The molecule has 1 saturated heterocycles. The van der Waals surface area contributed by atoms with Crippen molar-refractivity contribution in [3.63, 3.8) is 0 Å². The summed E-state index contributed by atoms with van der Waals surface area (Å²) >= 11 is 0. The number of aliphatic hydroxyl groups excluding tert-OH is 1. The smallest absolute Gasteiger partial charge is 0.322 e. The summed E-state index contributed by atoms with van der Waals surface area (Å²) in [4.78, 5) is 19.0. The number of rotatable bonds is 5. The van der Waals surface area contributed by atoms with Gasteiger partial charge in [-0.25, -0.2) is 17.6 Å². The second-order valence-electron chi connectivity index (χ2n) is 11.1. The predicted octanol–water partition coefficient (Wildman–Crippen LogP) is 4.93. The fraction of sp³-hybridized carbons (Fsp3) is 0.323. The van der Waals surface area contributed by atoms with Crippen molar-refractivity contribution in [1.29, 1.82) is 0 Å². The molecule has 220 valence electrons. The average molecular weight is 593 g/mol. The Hall–Kier alpha value is -3.93. The molecular weight excluding hydrogens is 559 g/mol. The van der Waals surface area contributed by atoms with Crippen LogP contribution in [0.15, 0.2) is 71.6 Å². The van der Waals surface area contributed by atoms with E-state index in [9.17, 15) is 22.7 Å². The van der Waals surface area contributed by atoms with Gasteiger partial charge in [-0.2, -0.15) is 4.31 Å². The number of fused-ring (bicyclic) bond motifs is 4. The van der Waals surface area contributed by atoms with Crippen LogP contribution in [0.3, 0.4) is 0 Å². The van der Waals surface area contributed by atoms with Gasteiger partial charge in [-0.15, -0.1) is 0 Å². The van der Waals surface area contributed by atoms with E-state index in [0.29, 0.717) is 30.0 Å². The molecule has 0 saturated carbocycles. The molecule has 1 aromatic heterocycles. The summed E-state index contributed by atoms with van der Waals surface area (Å²) in [6.45, 7) is 2.31. The summed E-state index contributed by atoms with van der Waals surface area (Å²) in [6.07, 6.45) is 0.928. The Morgan fingerprint density at radius 1 is 1.12 bits per heavy atom. The first-order valence-electron chi connectivity index (χ1n) is 13.9. The van der Waals surface area contributed by atoms with Crippen LogP contribution in [0, 0.1) is 12.7 Å². The van der Waals surface area contributed by atoms with Gasteiger partial charge in [0.05, 0.1) is 24.7 Å². The number of aliphatic hydroxyl groups is 1. The van der Waals surface area contributed by atoms with Gasteiger partial charge in [0.1, 0.15) is 11.6 Å². The first-order chi connectivity index (χ1) is 20.1. The number of anilines is 1. The van der Waals surface area contributed by atoms with Crippen LogP contribution in [0.2, 0.25) is 0 Å². The highest BCUT2D eigenvalue weighted by atomic mass is 32.2. The van der Waals surface area contributed by atoms with E-state index < -0.39 is 33.3 Å². The highest BCUT2D eigenvalue weighted by Gasteiger charge is 2.50. The first kappa shape index (κ1) is 28.2. The number of hydrogen-bond donors (Lipinski definition) is 3. The molecule has 0 aliphatic carbocycles. The number of amides is 2. The summed E-state index contributed by atoms with van der Waals surface area (Å²) in [5, 5.41) is 14.3. The van der Waals surface area contributed by atoms with Crippen molar-refractivity contribution in [3.8, 4) is 5.75 Å². The lowest BCUT2D eigenvalue weighted by Gasteiger charge is -2.49. The van der Waals surface area contributed by atoms with Gasteiger partial charge < -0.3 is 25.0 Å². The average Bonchev–Trinajstić information content (AvgIpc) is 3.37. The zero-order chi connectivity index (χ0) is 29.6. The number of halogens is 1. The second kappa shape index (κ2) is 10.7. The van der Waals surface area contributed by atoms with E-state index in [1.165, 1.54) is 22.5 Å². The summed E-state index contributed by atoms with van der Waals surface area (Å²) in [5.74, 6) is 0.186. The minimum absolute atomic E-state index is 0.254. The van der Waals surface area contributed by atoms with Gasteiger partial charge in [0.15, 0.2) is 0 Å². The van der Waals surface area contributed by atoms with Crippen molar-refractivity contribution in [2.75, 3.05) is 38.7 Å². The highest BCUT2D eigenvalue weighted by molar-refractivity contribution is 7.89. The molecule has 2 aliphatic heterocycles. The van der Waals surface area contributed by atoms with Gasteiger partial charge in [-0.3, -0.25) is 0 Å². The molecule has 3 N–H and O–H groups in total. The van der Waals surface area contributed by atoms with Crippen LogP contribution in [-0.2, 0) is 15.4 Å². The maximum Gasteiger partial charge on any atom is 0.322 e. The number of aryl methyl sites for hydroxylation is 1. The third-order valence-electron chi connectivity index (χ3n) is 8.56. The Morgan fingerprint density at radius 2 is 1.88 bits per heavy atom. The predicted molar refractivity (Wildman–Crippen MR) is 158 cm³/mol. The van der Waals surface area contributed by atoms with E-state index in [1.807, 2.05) is 31.2 Å². The van der Waals surface area contributed by atoms with Crippen LogP contribution in [0.25, 0.3) is 10.9 Å². The number of benzene rings is 3. The summed E-state index contributed by atoms with van der Waals surface area (Å²) in [7, 11) is -2.12. The zero-order valence-corrected chi connectivity index (χ0v) is 24.2. The summed E-state index contributed by atoms with van der Waals surface area (Å²) in [5.41, 5.74) is 3.08. The molecule has 2 aliphatic rings. The van der Waals surface area contributed by atoms with Crippen molar-refractivity contribution in [3.05, 3.63) is 89.4 Å². The van der Waals surface area contributed by atoms with Crippen molar-refractivity contribution in [2.24, 2.45) is 0 Å². The van der Waals surface area contributed by atoms with Crippen LogP contribution in [-0.4, -0.2) is 67.1 Å². The fourth-order valence-corrected chi connectivity index (χ4v) is 8.02. The van der Waals surface area contributed by atoms with Gasteiger partial charge in [0.2, 0.25) is 10.0 Å². The minimum Gasteiger partial charge on any atom is -0.497 e. The standard InChI is InChI=1S/C31H33FN4O5S/c1-20-5-3-8-24(15-20)42(39,40)35-13-11-31(12-14-35)19-36(30(38)33-22-7-4-6-21(32)16-22)27(18-37)29-28(31)25-10-9-23(41-2)17-26(25)34-29/h3-10,15-17,27,34,37H,11-14,18-19H2,1-2H3,(H,33,38)/t27-/m0/s1. The second-order valence-corrected chi connectivity index (χ2v) is 13.0. The normalized spacial score (nSPS) is 18.7. The lowest BCUT2D eigenvalue weighted by Crippen LogP contribution is -2.56. The van der Waals surface area contributed by atoms with Crippen molar-refractivity contribution >= 4 is 32.6 Å². The monoisotopic (exact) mass is 592 g/mol. The highest BCUT2D eigenvalue weighted by Crippen LogP contribution is 2.49. The molecule has 2 amide bonds. The van der Waals surface area contributed by atoms with Crippen LogP contribution in [0.4, 0.5) is 14.9 Å². The lowest BCUT2D eigenvalue weighted by molar-refractivity contribution is 0.0860. The van der Waals surface area contributed by atoms with Gasteiger partial charge in [0, 0.05) is 53.4 Å². The van der Waals surface area contributed by atoms with E-state index in [0.717, 1.165) is 22.0 Å². The number of sulfonamides is 1. The lowest BCUT2D eigenvalue weighted by atomic mass is 9.68. The molecule has 1 spiro atoms. The molecule has 1 atom stereocenters. The number of nitrogens with zero attached hydrogens (tertiary/aromatic N) is 2. The van der Waals surface area contributed by atoms with Gasteiger partial charge in [-0.05, 0) is 73.4 Å². The number of urea groups is 1. The number of H-pyrrole nitrogens is 1. The number of piperidine rings is 1. The summed E-state index contributed by atoms with van der Waals surface area (Å²) in [6, 6.07) is 17.1. The Bertz CT molecular complexity index is 1760. The molecular formula is C31H33FN4O5S. The topological polar surface area (TPSA) is 115 Å². The number of ether oxygens (including phenoxy) is 1. The molecule has 0 radical (unpaired) electrons. The molecule has 42 heavy (non-hydrogen) atoms. The van der Waals surface area contributed by atoms with Crippen LogP contribution < -0.4 is 10.1 Å². The molecule has 6 rings (SSSR count). The van der Waals surface area contributed by atoms with E-state index in [1.54, 1.807) is 36.3 Å². The summed E-state index contributed by atoms with van der Waals surface area (Å²) < 4.78 is 47.9. The minimum atomic E-state index is -3.70. The van der Waals surface area contributed by atoms with Gasteiger partial charge in [-0.1, -0.05) is 18.2 Å². The zero-order valence-electron chi connectivity index (χ0n) is 23.4. The molecule has 3 aromatic carbocycles. The number of aromatic amines is 1. The number of carbonyl (C=O) groups is 1. The Morgan fingerprint density at radius 3 is 2.57 bits per heavy atom. The number of nitrogens with one attached hydrogen (secondary N) is 2. The number of methoxy groups -OCH3 is 1. The Labute approximate surface area is 244 Å². The Kier molecular flexibility index (Phi) is 7.20. The van der Waals surface area contributed by atoms with Crippen molar-refractivity contribution in [2.45, 2.75) is 36.1 Å². The largest absolute Gasteiger partial charge is 0.497 e. The van der Waals surface area contributed by atoms with Crippen LogP contribution in [0.5, 0.6) is 5.75 Å². The number of hydrogen-bond acceptors (Lipinski definition) is 5. The fourth-order valence-electron chi connectivity index (χ4n) is 6.47.